The van der Waals surface area contributed by atoms with Gasteiger partial charge in [0.25, 0.3) is 0 Å². The molecule has 1 unspecified atom stereocenters. The van der Waals surface area contributed by atoms with Gasteiger partial charge in [0.1, 0.15) is 0 Å². The second-order valence-corrected chi connectivity index (χ2v) is 6.05. The van der Waals surface area contributed by atoms with Crippen molar-refractivity contribution in [1.82, 2.24) is 4.57 Å². The zero-order valence-electron chi connectivity index (χ0n) is 11.9. The van der Waals surface area contributed by atoms with Gasteiger partial charge in [0.05, 0.1) is 6.04 Å². The first-order chi connectivity index (χ1) is 9.75. The molecule has 102 valence electrons. The Morgan fingerprint density at radius 3 is 2.90 bits per heavy atom. The summed E-state index contributed by atoms with van der Waals surface area (Å²) in [5.41, 5.74) is 6.43. The first kappa shape index (κ1) is 12.0. The molecule has 2 aliphatic rings. The summed E-state index contributed by atoms with van der Waals surface area (Å²) in [6.45, 7) is 2.15. The van der Waals surface area contributed by atoms with Crippen LogP contribution in [0.25, 0.3) is 0 Å². The summed E-state index contributed by atoms with van der Waals surface area (Å²) < 4.78 is 2.44. The maximum absolute atomic E-state index is 12.1. The second kappa shape index (κ2) is 4.34. The molecule has 1 aromatic heterocycles. The number of hydrogen-bond donors (Lipinski definition) is 0. The number of carbonyl (C=O) groups is 1. The van der Waals surface area contributed by atoms with Crippen molar-refractivity contribution in [3.05, 3.63) is 58.4 Å². The molecular weight excluding hydrogens is 246 g/mol. The van der Waals surface area contributed by atoms with E-state index in [0.717, 1.165) is 37.7 Å². The summed E-state index contributed by atoms with van der Waals surface area (Å²) in [5, 5.41) is 0. The van der Waals surface area contributed by atoms with Gasteiger partial charge in [-0.05, 0) is 49.8 Å². The highest BCUT2D eigenvalue weighted by molar-refractivity contribution is 5.98. The van der Waals surface area contributed by atoms with Gasteiger partial charge in [-0.3, -0.25) is 4.79 Å². The molecule has 2 aromatic rings. The molecule has 2 heteroatoms. The summed E-state index contributed by atoms with van der Waals surface area (Å²) in [6, 6.07) is 11.3. The minimum Gasteiger partial charge on any atom is -0.341 e. The highest BCUT2D eigenvalue weighted by atomic mass is 16.1. The van der Waals surface area contributed by atoms with Crippen LogP contribution < -0.4 is 0 Å². The molecule has 0 fully saturated rings. The first-order valence-electron chi connectivity index (χ1n) is 7.57. The lowest BCUT2D eigenvalue weighted by molar-refractivity contribution is 0.0971. The van der Waals surface area contributed by atoms with E-state index >= 15 is 0 Å². The van der Waals surface area contributed by atoms with E-state index in [0.29, 0.717) is 11.8 Å². The van der Waals surface area contributed by atoms with Crippen LogP contribution >= 0.6 is 0 Å². The fraction of sp³-hybridized carbons (Fsp3) is 0.389. The van der Waals surface area contributed by atoms with Gasteiger partial charge in [0, 0.05) is 23.4 Å². The standard InChI is InChI=1S/C18H19NO/c1-12-11-15-16(7-4-8-18(15)20)19(12)17-10-9-13-5-2-3-6-14(13)17/h2-3,5-6,11,17H,4,7-10H2,1H3. The van der Waals surface area contributed by atoms with Crippen molar-refractivity contribution in [3.63, 3.8) is 0 Å². The lowest BCUT2D eigenvalue weighted by Crippen LogP contribution is -2.17. The molecule has 0 bridgehead atoms. The van der Waals surface area contributed by atoms with E-state index in [1.54, 1.807) is 0 Å². The molecule has 1 aromatic carbocycles. The van der Waals surface area contributed by atoms with E-state index in [-0.39, 0.29) is 0 Å². The third-order valence-corrected chi connectivity index (χ3v) is 4.87. The molecule has 0 N–H and O–H groups in total. The Kier molecular flexibility index (Phi) is 2.59. The number of carbonyl (C=O) groups excluding carboxylic acids is 1. The average molecular weight is 265 g/mol. The average Bonchev–Trinajstić information content (AvgIpc) is 3.00. The molecule has 0 radical (unpaired) electrons. The quantitative estimate of drug-likeness (QED) is 0.767. The smallest absolute Gasteiger partial charge is 0.164 e. The van der Waals surface area contributed by atoms with Crippen molar-refractivity contribution in [1.29, 1.82) is 0 Å². The predicted molar refractivity (Wildman–Crippen MR) is 79.3 cm³/mol. The number of hydrogen-bond acceptors (Lipinski definition) is 1. The van der Waals surface area contributed by atoms with Gasteiger partial charge in [-0.2, -0.15) is 0 Å². The van der Waals surface area contributed by atoms with Crippen LogP contribution in [-0.2, 0) is 12.8 Å². The maximum atomic E-state index is 12.1. The van der Waals surface area contributed by atoms with E-state index in [1.807, 2.05) is 0 Å². The largest absolute Gasteiger partial charge is 0.341 e. The van der Waals surface area contributed by atoms with Crippen molar-refractivity contribution in [2.45, 2.75) is 45.1 Å². The van der Waals surface area contributed by atoms with Crippen molar-refractivity contribution in [3.8, 4) is 0 Å². The summed E-state index contributed by atoms with van der Waals surface area (Å²) in [6.07, 6.45) is 5.09. The van der Waals surface area contributed by atoms with Gasteiger partial charge in [-0.15, -0.1) is 0 Å². The number of nitrogens with zero attached hydrogens (tertiary/aromatic N) is 1. The fourth-order valence-corrected chi connectivity index (χ4v) is 3.99. The molecule has 0 amide bonds. The molecule has 4 rings (SSSR count). The Bertz CT molecular complexity index is 695. The lowest BCUT2D eigenvalue weighted by atomic mass is 9.96. The van der Waals surface area contributed by atoms with E-state index in [9.17, 15) is 4.79 Å². The van der Waals surface area contributed by atoms with E-state index < -0.39 is 0 Å². The van der Waals surface area contributed by atoms with Gasteiger partial charge in [0.2, 0.25) is 0 Å². The van der Waals surface area contributed by atoms with Crippen molar-refractivity contribution in [2.75, 3.05) is 0 Å². The number of aromatic nitrogens is 1. The third-order valence-electron chi connectivity index (χ3n) is 4.87. The number of rotatable bonds is 1. The van der Waals surface area contributed by atoms with E-state index in [4.69, 9.17) is 0 Å². The van der Waals surface area contributed by atoms with Crippen LogP contribution in [0.15, 0.2) is 30.3 Å². The van der Waals surface area contributed by atoms with Gasteiger partial charge < -0.3 is 4.57 Å². The number of aryl methyl sites for hydroxylation is 2. The first-order valence-corrected chi connectivity index (χ1v) is 7.57. The number of Topliss-reactive ketones (excluding diaryl/α,β-unsaturated/α-hetero) is 1. The molecule has 0 saturated heterocycles. The number of fused-ring (bicyclic) bond motifs is 2. The monoisotopic (exact) mass is 265 g/mol. The van der Waals surface area contributed by atoms with Crippen LogP contribution in [0.4, 0.5) is 0 Å². The molecule has 1 heterocycles. The Morgan fingerprint density at radius 2 is 2.00 bits per heavy atom. The molecule has 0 spiro atoms. The van der Waals surface area contributed by atoms with Gasteiger partial charge in [-0.1, -0.05) is 24.3 Å². The van der Waals surface area contributed by atoms with Crippen LogP contribution in [0.2, 0.25) is 0 Å². The van der Waals surface area contributed by atoms with Crippen LogP contribution in [0.3, 0.4) is 0 Å². The molecule has 0 aliphatic heterocycles. The normalized spacial score (nSPS) is 20.9. The van der Waals surface area contributed by atoms with Crippen LogP contribution in [0, 0.1) is 6.92 Å². The van der Waals surface area contributed by atoms with Crippen LogP contribution in [0.5, 0.6) is 0 Å². The Balaban J connectivity index is 1.87. The minimum absolute atomic E-state index is 0.333. The maximum Gasteiger partial charge on any atom is 0.164 e. The highest BCUT2D eigenvalue weighted by Gasteiger charge is 2.30. The third kappa shape index (κ3) is 1.60. The molecule has 1 atom stereocenters. The lowest BCUT2D eigenvalue weighted by Gasteiger charge is -2.22. The zero-order valence-corrected chi connectivity index (χ0v) is 11.9. The second-order valence-electron chi connectivity index (χ2n) is 6.05. The van der Waals surface area contributed by atoms with Gasteiger partial charge in [0.15, 0.2) is 5.78 Å². The SMILES string of the molecule is Cc1cc2c(n1C1CCc3ccccc31)CCCC2=O. The van der Waals surface area contributed by atoms with E-state index in [1.165, 1.54) is 22.5 Å². The molecule has 0 saturated carbocycles. The van der Waals surface area contributed by atoms with Gasteiger partial charge in [-0.25, -0.2) is 0 Å². The summed E-state index contributed by atoms with van der Waals surface area (Å²) in [5.74, 6) is 0.333. The Labute approximate surface area is 119 Å². The molecular formula is C18H19NO. The number of benzene rings is 1. The summed E-state index contributed by atoms with van der Waals surface area (Å²) in [7, 11) is 0. The number of ketones is 1. The summed E-state index contributed by atoms with van der Waals surface area (Å²) in [4.78, 5) is 12.1. The van der Waals surface area contributed by atoms with Crippen LogP contribution in [-0.4, -0.2) is 10.4 Å². The van der Waals surface area contributed by atoms with Crippen molar-refractivity contribution >= 4 is 5.78 Å². The zero-order chi connectivity index (χ0) is 13.7. The Hall–Kier alpha value is -1.83. The van der Waals surface area contributed by atoms with Gasteiger partial charge >= 0.3 is 0 Å². The predicted octanol–water partition coefficient (Wildman–Crippen LogP) is 3.85. The molecule has 20 heavy (non-hydrogen) atoms. The molecule has 2 aliphatic carbocycles. The summed E-state index contributed by atoms with van der Waals surface area (Å²) >= 11 is 0. The van der Waals surface area contributed by atoms with E-state index in [2.05, 4.69) is 41.8 Å². The van der Waals surface area contributed by atoms with Crippen molar-refractivity contribution in [2.24, 2.45) is 0 Å². The Morgan fingerprint density at radius 1 is 1.15 bits per heavy atom. The fourth-order valence-electron chi connectivity index (χ4n) is 3.99. The highest BCUT2D eigenvalue weighted by Crippen LogP contribution is 2.38. The van der Waals surface area contributed by atoms with Crippen molar-refractivity contribution < 1.29 is 4.79 Å². The van der Waals surface area contributed by atoms with Crippen LogP contribution in [0.1, 0.15) is 58.2 Å². The topological polar surface area (TPSA) is 22.0 Å². The molecule has 2 nitrogen and oxygen atoms in total. The minimum atomic E-state index is 0.333.